The van der Waals surface area contributed by atoms with E-state index in [1.54, 1.807) is 0 Å². The number of imidazole rings is 1. The highest BCUT2D eigenvalue weighted by molar-refractivity contribution is 7.66. The van der Waals surface area contributed by atoms with Crippen molar-refractivity contribution in [1.82, 2.24) is 39.1 Å². The first-order valence-corrected chi connectivity index (χ1v) is 24.6. The van der Waals surface area contributed by atoms with E-state index in [1.165, 1.54) is 95.8 Å². The van der Waals surface area contributed by atoms with Crippen molar-refractivity contribution in [2.24, 2.45) is 0 Å². The van der Waals surface area contributed by atoms with Gasteiger partial charge in [-0.1, -0.05) is 83.1 Å². The molecule has 2 unspecified atom stereocenters. The van der Waals surface area contributed by atoms with Gasteiger partial charge in [-0.3, -0.25) is 9.09 Å². The molecule has 0 spiro atoms. The normalized spacial score (nSPS) is 18.7. The average Bonchev–Trinajstić information content (AvgIpc) is 3.77. The van der Waals surface area contributed by atoms with Gasteiger partial charge in [0.25, 0.3) is 0 Å². The molecule has 3 rings (SSSR count). The largest absolute Gasteiger partial charge is 0.490 e. The number of fused-ring (bicyclic) bond motifs is 1. The third kappa shape index (κ3) is 24.7. The lowest BCUT2D eigenvalue weighted by Crippen LogP contribution is -2.26. The number of phosphoric ester groups is 1. The number of aromatic nitrogens is 4. The molecule has 0 bridgehead atoms. The maximum Gasteiger partial charge on any atom is 0.490 e. The van der Waals surface area contributed by atoms with Crippen LogP contribution in [0.5, 0.6) is 0 Å². The molecule has 1 saturated heterocycles. The van der Waals surface area contributed by atoms with E-state index in [9.17, 15) is 23.7 Å². The van der Waals surface area contributed by atoms with E-state index in [-0.39, 0.29) is 12.2 Å². The first-order valence-electron chi connectivity index (χ1n) is 20.1. The number of nitrogens with zero attached hydrogens (tertiary/aromatic N) is 8. The Hall–Kier alpha value is -1.48. The van der Waals surface area contributed by atoms with Crippen molar-refractivity contribution in [2.75, 3.05) is 90.9 Å². The summed E-state index contributed by atoms with van der Waals surface area (Å²) in [5.41, 5.74) is 6.31. The summed E-state index contributed by atoms with van der Waals surface area (Å²) >= 11 is 0. The number of anilines is 1. The molecule has 0 amide bonds. The molecule has 2 aromatic rings. The van der Waals surface area contributed by atoms with Crippen molar-refractivity contribution in [3.05, 3.63) is 12.7 Å². The lowest BCUT2D eigenvalue weighted by molar-refractivity contribution is -0.0423. The molecule has 7 N–H and O–H groups in total. The Balaban J connectivity index is 0. The van der Waals surface area contributed by atoms with Gasteiger partial charge in [-0.05, 0) is 78.5 Å². The maximum absolute atomic E-state index is 11.8. The van der Waals surface area contributed by atoms with Crippen LogP contribution in [-0.4, -0.2) is 161 Å². The minimum Gasteiger partial charge on any atom is -0.390 e. The fraction of sp³-hybridized carbons (Fsp3) is 0.853. The molecule has 1 fully saturated rings. The second-order valence-electron chi connectivity index (χ2n) is 12.4. The van der Waals surface area contributed by atoms with Gasteiger partial charge in [-0.2, -0.15) is 8.62 Å². The van der Waals surface area contributed by atoms with Gasteiger partial charge in [-0.15, -0.1) is 0 Å². The first kappa shape index (κ1) is 58.6. The Morgan fingerprint density at radius 2 is 1.07 bits per heavy atom. The lowest BCUT2D eigenvalue weighted by atomic mass is 10.2. The second kappa shape index (κ2) is 31.4. The van der Waals surface area contributed by atoms with E-state index in [0.717, 1.165) is 0 Å². The Kier molecular flexibility index (Phi) is 31.7. The summed E-state index contributed by atoms with van der Waals surface area (Å²) in [6.45, 7) is 39.7. The zero-order valence-corrected chi connectivity index (χ0v) is 39.6. The molecular weight excluding hydrogens is 820 g/mol. The van der Waals surface area contributed by atoms with Crippen LogP contribution in [0.2, 0.25) is 0 Å². The van der Waals surface area contributed by atoms with Crippen molar-refractivity contribution >= 4 is 40.4 Å². The van der Waals surface area contributed by atoms with Gasteiger partial charge in [0.2, 0.25) is 0 Å². The van der Waals surface area contributed by atoms with Crippen molar-refractivity contribution in [3.8, 4) is 0 Å². The number of hydrogen-bond donors (Lipinski definition) is 6. The molecule has 1 aliphatic heterocycles. The van der Waals surface area contributed by atoms with E-state index in [0.29, 0.717) is 11.2 Å². The van der Waals surface area contributed by atoms with Gasteiger partial charge in [0.05, 0.1) is 19.0 Å². The summed E-state index contributed by atoms with van der Waals surface area (Å²) in [7, 11) is -16.5. The van der Waals surface area contributed by atoms with Crippen LogP contribution in [-0.2, 0) is 31.6 Å². The average molecular weight is 897 g/mol. The summed E-state index contributed by atoms with van der Waals surface area (Å²) < 4.78 is 52.3. The Morgan fingerprint density at radius 1 is 0.672 bits per heavy atom. The predicted molar refractivity (Wildman–Crippen MR) is 228 cm³/mol. The molecule has 24 heteroatoms. The van der Waals surface area contributed by atoms with Crippen LogP contribution < -0.4 is 5.73 Å². The van der Waals surface area contributed by atoms with Crippen LogP contribution >= 0.6 is 23.5 Å². The number of nitrogen functional groups attached to an aromatic ring is 1. The zero-order chi connectivity index (χ0) is 45.1. The van der Waals surface area contributed by atoms with Crippen LogP contribution in [0.4, 0.5) is 5.82 Å². The number of phosphoric acid groups is 3. The third-order valence-corrected chi connectivity index (χ3v) is 12.9. The van der Waals surface area contributed by atoms with E-state index in [1.807, 2.05) is 0 Å². The highest BCUT2D eigenvalue weighted by Gasteiger charge is 2.43. The fourth-order valence-corrected chi connectivity index (χ4v) is 8.30. The number of aliphatic hydroxyl groups excluding tert-OH is 1. The Bertz CT molecular complexity index is 1410. The number of rotatable bonds is 20. The highest BCUT2D eigenvalue weighted by Crippen LogP contribution is 2.66. The summed E-state index contributed by atoms with van der Waals surface area (Å²) in [4.78, 5) is 56.9. The second-order valence-corrected chi connectivity index (χ2v) is 16.8. The molecule has 0 aromatic carbocycles. The maximum atomic E-state index is 11.8. The smallest absolute Gasteiger partial charge is 0.390 e. The molecule has 5 atom stereocenters. The summed E-state index contributed by atoms with van der Waals surface area (Å²) in [5, 5.41) is 10.1. The van der Waals surface area contributed by atoms with E-state index in [2.05, 4.69) is 131 Å². The minimum atomic E-state index is -5.64. The van der Waals surface area contributed by atoms with Gasteiger partial charge >= 0.3 is 23.5 Å². The minimum absolute atomic E-state index is 0.000206. The predicted octanol–water partition coefficient (Wildman–Crippen LogP) is 4.79. The van der Waals surface area contributed by atoms with E-state index < -0.39 is 48.5 Å². The van der Waals surface area contributed by atoms with Gasteiger partial charge < -0.3 is 54.8 Å². The molecule has 2 aromatic heterocycles. The molecule has 0 aliphatic carbocycles. The number of ether oxygens (including phenoxy) is 1. The van der Waals surface area contributed by atoms with Crippen molar-refractivity contribution in [3.63, 3.8) is 0 Å². The third-order valence-electron chi connectivity index (χ3n) is 9.09. The van der Waals surface area contributed by atoms with Gasteiger partial charge in [-0.25, -0.2) is 28.6 Å². The molecule has 1 aliphatic rings. The lowest BCUT2D eigenvalue weighted by Gasteiger charge is -2.19. The number of aliphatic hydroxyl groups is 1. The quantitative estimate of drug-likeness (QED) is 0.0975. The van der Waals surface area contributed by atoms with Crippen LogP contribution in [0.15, 0.2) is 12.7 Å². The number of nitrogens with two attached hydrogens (primary N) is 1. The van der Waals surface area contributed by atoms with E-state index >= 15 is 0 Å². The highest BCUT2D eigenvalue weighted by atomic mass is 32.2. The standard InChI is InChI=1S/C10H16N5O12P3.4C6H15N/c11-9-8-10(13-3-12-9)15(4-14-8)7-1-5(16)6(25-7)2-24-29(20,21)27-30(22,23)26-28(17,18)19;4*1-4-7(5-2)6-3/h3-7,16H,1-2H2,(H,20,21)(H,22,23)(H2,11,12,13)(H2,17,18,19);4*4-6H2,1-3H3/t5-,6+,7+;;;;/m0..../s1/i29+1;;;;. The van der Waals surface area contributed by atoms with Gasteiger partial charge in [0.15, 0.2) is 11.5 Å². The monoisotopic (exact) mass is 896 g/mol. The van der Waals surface area contributed by atoms with Crippen molar-refractivity contribution in [2.45, 2.75) is 108 Å². The summed E-state index contributed by atoms with van der Waals surface area (Å²) in [6, 6.07) is 0. The van der Waals surface area contributed by atoms with Gasteiger partial charge in [0.1, 0.15) is 24.2 Å². The first-order chi connectivity index (χ1) is 27.1. The molecule has 58 heavy (non-hydrogen) atoms. The molecule has 3 heterocycles. The van der Waals surface area contributed by atoms with Crippen molar-refractivity contribution in [1.29, 1.82) is 0 Å². The van der Waals surface area contributed by atoms with Crippen molar-refractivity contribution < 1.29 is 56.3 Å². The molecule has 21 nitrogen and oxygen atoms in total. The number of hydrogen-bond acceptors (Lipinski definition) is 16. The molecule has 0 radical (unpaired) electrons. The van der Waals surface area contributed by atoms with E-state index in [4.69, 9.17) is 25.2 Å². The summed E-state index contributed by atoms with van der Waals surface area (Å²) in [6.07, 6.45) is -0.643. The SMILES string of the molecule is CCN(CC)CC.CCN(CC)CC.CCN(CC)CC.CCN(CC)CC.Nc1ncnc2c1ncn2[C@H]1C[C@H](O)[C@@H](CO[32P](=O)(O)OP(=O)(O)OP(=O)(O)O)O1. The summed E-state index contributed by atoms with van der Waals surface area (Å²) in [5.74, 6) is 0.126. The van der Waals surface area contributed by atoms with Crippen LogP contribution in [0.1, 0.15) is 95.7 Å². The Labute approximate surface area is 346 Å². The topological polar surface area (TPSA) is 272 Å². The molecule has 344 valence electrons. The Morgan fingerprint density at radius 3 is 1.41 bits per heavy atom. The van der Waals surface area contributed by atoms with Crippen LogP contribution in [0, 0.1) is 0 Å². The van der Waals surface area contributed by atoms with Gasteiger partial charge in [0, 0.05) is 6.42 Å². The fourth-order valence-electron chi connectivity index (χ4n) is 5.27. The molecule has 0 saturated carbocycles. The molecular formula is C34H76N9O12P3. The zero-order valence-electron chi connectivity index (χ0n) is 36.9. The van der Waals surface area contributed by atoms with Crippen LogP contribution in [0.3, 0.4) is 0 Å². The van der Waals surface area contributed by atoms with Crippen LogP contribution in [0.25, 0.3) is 11.2 Å².